The Hall–Kier alpha value is -3.45. The maximum Gasteiger partial charge on any atom is 0.272 e. The minimum atomic E-state index is -0.792. The van der Waals surface area contributed by atoms with Gasteiger partial charge in [0, 0.05) is 25.7 Å². The number of amides is 2. The number of benzene rings is 2. The fourth-order valence-corrected chi connectivity index (χ4v) is 4.00. The Labute approximate surface area is 182 Å². The minimum Gasteiger partial charge on any atom is -0.357 e. The Morgan fingerprint density at radius 1 is 1.00 bits per heavy atom. The zero-order valence-electron chi connectivity index (χ0n) is 17.8. The van der Waals surface area contributed by atoms with E-state index in [0.717, 1.165) is 42.2 Å². The second-order valence-electron chi connectivity index (χ2n) is 7.77. The third-order valence-electron chi connectivity index (χ3n) is 5.58. The van der Waals surface area contributed by atoms with Gasteiger partial charge in [0.2, 0.25) is 5.91 Å². The molecule has 3 aromatic rings. The molecule has 1 aromatic heterocycles. The first-order chi connectivity index (χ1) is 15.1. The van der Waals surface area contributed by atoms with Crippen LogP contribution < -0.4 is 10.6 Å². The van der Waals surface area contributed by atoms with Crippen LogP contribution in [0.3, 0.4) is 0 Å². The number of rotatable bonds is 5. The molecule has 0 bridgehead atoms. The number of likely N-dealkylation sites (N-methyl/N-ethyl adjacent to an activating group) is 1. The summed E-state index contributed by atoms with van der Waals surface area (Å²) < 4.78 is 2.14. The Kier molecular flexibility index (Phi) is 6.13. The van der Waals surface area contributed by atoms with Crippen LogP contribution in [0.5, 0.6) is 0 Å². The van der Waals surface area contributed by atoms with Gasteiger partial charge in [0.05, 0.1) is 5.69 Å². The van der Waals surface area contributed by atoms with E-state index in [1.807, 2.05) is 67.7 Å². The van der Waals surface area contributed by atoms with E-state index in [2.05, 4.69) is 20.1 Å². The number of nitrogens with one attached hydrogen (secondary N) is 2. The zero-order valence-corrected chi connectivity index (χ0v) is 17.8. The quantitative estimate of drug-likeness (QED) is 0.669. The van der Waals surface area contributed by atoms with Gasteiger partial charge in [-0.2, -0.15) is 0 Å². The largest absolute Gasteiger partial charge is 0.357 e. The molecule has 7 nitrogen and oxygen atoms in total. The van der Waals surface area contributed by atoms with E-state index in [-0.39, 0.29) is 11.8 Å². The summed E-state index contributed by atoms with van der Waals surface area (Å²) in [6.07, 6.45) is 0.978. The summed E-state index contributed by atoms with van der Waals surface area (Å²) in [6, 6.07) is 18.4. The second kappa shape index (κ2) is 9.14. The van der Waals surface area contributed by atoms with Gasteiger partial charge >= 0.3 is 0 Å². The van der Waals surface area contributed by atoms with E-state index < -0.39 is 6.04 Å². The number of fused-ring (bicyclic) bond motifs is 1. The number of aromatic nitrogens is 2. The van der Waals surface area contributed by atoms with Crippen molar-refractivity contribution in [2.75, 3.05) is 20.6 Å². The smallest absolute Gasteiger partial charge is 0.272 e. The first-order valence-electron chi connectivity index (χ1n) is 10.5. The average Bonchev–Trinajstić information content (AvgIpc) is 3.04. The summed E-state index contributed by atoms with van der Waals surface area (Å²) in [6.45, 7) is 2.36. The molecule has 0 saturated carbocycles. The maximum absolute atomic E-state index is 13.4. The molecule has 0 aliphatic carbocycles. The van der Waals surface area contributed by atoms with Gasteiger partial charge < -0.3 is 20.1 Å². The van der Waals surface area contributed by atoms with Gasteiger partial charge in [-0.05, 0) is 25.6 Å². The molecule has 2 aromatic carbocycles. The third-order valence-corrected chi connectivity index (χ3v) is 5.58. The van der Waals surface area contributed by atoms with Gasteiger partial charge in [-0.15, -0.1) is 0 Å². The molecule has 1 atom stereocenters. The SMILES string of the molecule is CNC(=O)[C@@H](NC(=O)c1nc(-c2ccccc2)n2c1CN(C)CCC2)c1ccccc1. The van der Waals surface area contributed by atoms with Crippen LogP contribution in [0.1, 0.15) is 34.2 Å². The van der Waals surface area contributed by atoms with E-state index in [9.17, 15) is 9.59 Å². The normalized spacial score (nSPS) is 14.9. The maximum atomic E-state index is 13.4. The van der Waals surface area contributed by atoms with Crippen molar-refractivity contribution in [3.05, 3.63) is 77.6 Å². The number of nitrogens with zero attached hydrogens (tertiary/aromatic N) is 3. The molecular formula is C24H27N5O2. The lowest BCUT2D eigenvalue weighted by atomic mass is 10.1. The molecule has 2 N–H and O–H groups in total. The fourth-order valence-electron chi connectivity index (χ4n) is 4.00. The van der Waals surface area contributed by atoms with Crippen LogP contribution in [0.25, 0.3) is 11.4 Å². The van der Waals surface area contributed by atoms with E-state index in [1.165, 1.54) is 0 Å². The van der Waals surface area contributed by atoms with Crippen molar-refractivity contribution in [3.8, 4) is 11.4 Å². The predicted molar refractivity (Wildman–Crippen MR) is 119 cm³/mol. The van der Waals surface area contributed by atoms with E-state index in [0.29, 0.717) is 12.2 Å². The molecule has 2 heterocycles. The molecular weight excluding hydrogens is 390 g/mol. The Bertz CT molecular complexity index is 1060. The second-order valence-corrected chi connectivity index (χ2v) is 7.77. The van der Waals surface area contributed by atoms with Gasteiger partial charge in [-0.3, -0.25) is 9.59 Å². The van der Waals surface area contributed by atoms with Crippen LogP contribution in [0, 0.1) is 0 Å². The van der Waals surface area contributed by atoms with Gasteiger partial charge in [0.1, 0.15) is 11.9 Å². The molecule has 0 radical (unpaired) electrons. The molecule has 0 unspecified atom stereocenters. The highest BCUT2D eigenvalue weighted by molar-refractivity contribution is 5.98. The zero-order chi connectivity index (χ0) is 21.8. The molecule has 4 rings (SSSR count). The molecule has 31 heavy (non-hydrogen) atoms. The molecule has 0 fully saturated rings. The third kappa shape index (κ3) is 4.36. The van der Waals surface area contributed by atoms with E-state index >= 15 is 0 Å². The molecule has 2 amide bonds. The minimum absolute atomic E-state index is 0.273. The highest BCUT2D eigenvalue weighted by atomic mass is 16.2. The van der Waals surface area contributed by atoms with E-state index in [1.54, 1.807) is 7.05 Å². The molecule has 0 spiro atoms. The van der Waals surface area contributed by atoms with Crippen molar-refractivity contribution >= 4 is 11.8 Å². The predicted octanol–water partition coefficient (Wildman–Crippen LogP) is 2.60. The van der Waals surface area contributed by atoms with Gasteiger partial charge in [0.15, 0.2) is 5.69 Å². The summed E-state index contributed by atoms with van der Waals surface area (Å²) in [5.41, 5.74) is 2.94. The van der Waals surface area contributed by atoms with Crippen LogP contribution in [0.15, 0.2) is 60.7 Å². The molecule has 1 aliphatic rings. The number of hydrogen-bond acceptors (Lipinski definition) is 4. The van der Waals surface area contributed by atoms with Crippen molar-refractivity contribution in [2.24, 2.45) is 0 Å². The molecule has 7 heteroatoms. The van der Waals surface area contributed by atoms with Crippen LogP contribution in [-0.4, -0.2) is 46.9 Å². The van der Waals surface area contributed by atoms with Crippen molar-refractivity contribution in [2.45, 2.75) is 25.6 Å². The summed E-state index contributed by atoms with van der Waals surface area (Å²) >= 11 is 0. The first-order valence-corrected chi connectivity index (χ1v) is 10.5. The van der Waals surface area contributed by atoms with E-state index in [4.69, 9.17) is 4.98 Å². The Balaban J connectivity index is 1.73. The molecule has 0 saturated heterocycles. The lowest BCUT2D eigenvalue weighted by Crippen LogP contribution is -2.39. The van der Waals surface area contributed by atoms with Crippen LogP contribution >= 0.6 is 0 Å². The van der Waals surface area contributed by atoms with Crippen LogP contribution in [0.2, 0.25) is 0 Å². The lowest BCUT2D eigenvalue weighted by molar-refractivity contribution is -0.122. The summed E-state index contributed by atoms with van der Waals surface area (Å²) in [5, 5.41) is 5.55. The topological polar surface area (TPSA) is 79.3 Å². The fraction of sp³-hybridized carbons (Fsp3) is 0.292. The summed E-state index contributed by atoms with van der Waals surface area (Å²) in [7, 11) is 3.61. The van der Waals surface area contributed by atoms with Crippen molar-refractivity contribution in [3.63, 3.8) is 0 Å². The summed E-state index contributed by atoms with van der Waals surface area (Å²) in [4.78, 5) is 32.9. The van der Waals surface area contributed by atoms with Crippen molar-refractivity contribution in [1.82, 2.24) is 25.1 Å². The monoisotopic (exact) mass is 417 g/mol. The van der Waals surface area contributed by atoms with Crippen LogP contribution in [0.4, 0.5) is 0 Å². The average molecular weight is 418 g/mol. The van der Waals surface area contributed by atoms with Crippen molar-refractivity contribution in [1.29, 1.82) is 0 Å². The Morgan fingerprint density at radius 2 is 1.68 bits per heavy atom. The van der Waals surface area contributed by atoms with Gasteiger partial charge in [-0.25, -0.2) is 4.98 Å². The Morgan fingerprint density at radius 3 is 2.35 bits per heavy atom. The lowest BCUT2D eigenvalue weighted by Gasteiger charge is -2.18. The number of hydrogen-bond donors (Lipinski definition) is 2. The number of carbonyl (C=O) groups is 2. The number of carbonyl (C=O) groups excluding carboxylic acids is 2. The molecule has 160 valence electrons. The van der Waals surface area contributed by atoms with Crippen LogP contribution in [-0.2, 0) is 17.9 Å². The summed E-state index contributed by atoms with van der Waals surface area (Å²) in [5.74, 6) is 0.163. The van der Waals surface area contributed by atoms with Gasteiger partial charge in [0.25, 0.3) is 5.91 Å². The first kappa shape index (κ1) is 20.8. The number of imidazole rings is 1. The highest BCUT2D eigenvalue weighted by Gasteiger charge is 2.29. The highest BCUT2D eigenvalue weighted by Crippen LogP contribution is 2.26. The van der Waals surface area contributed by atoms with Crippen molar-refractivity contribution < 1.29 is 9.59 Å². The standard InChI is InChI=1S/C24H27N5O2/c1-25-23(30)20(17-10-5-3-6-11-17)27-24(31)21-19-16-28(2)14-9-15-29(19)22(26-21)18-12-7-4-8-13-18/h3-8,10-13,20H,9,14-16H2,1-2H3,(H,25,30)(H,27,31)/t20-/m0/s1. The molecule has 1 aliphatic heterocycles. The van der Waals surface area contributed by atoms with Gasteiger partial charge in [-0.1, -0.05) is 60.7 Å².